The van der Waals surface area contributed by atoms with Crippen molar-refractivity contribution in [3.63, 3.8) is 0 Å². The molecule has 1 aliphatic rings. The second-order valence-corrected chi connectivity index (χ2v) is 14.6. The molecule has 4 nitrogen and oxygen atoms in total. The highest BCUT2D eigenvalue weighted by Crippen LogP contribution is 2.39. The number of fused-ring (bicyclic) bond motifs is 5. The number of hydrogen-bond donors (Lipinski definition) is 1. The van der Waals surface area contributed by atoms with Gasteiger partial charge in [-0.05, 0) is 90.8 Å². The van der Waals surface area contributed by atoms with E-state index in [1.807, 2.05) is 24.3 Å². The quantitative estimate of drug-likeness (QED) is 0.185. The molecule has 1 atom stereocenters. The molecule has 0 fully saturated rings. The first-order valence-electron chi connectivity index (χ1n) is 19.3. The molecule has 4 heteroatoms. The minimum Gasteiger partial charge on any atom is -0.456 e. The van der Waals surface area contributed by atoms with Crippen LogP contribution >= 0.6 is 0 Å². The summed E-state index contributed by atoms with van der Waals surface area (Å²) in [6.45, 7) is 0. The van der Waals surface area contributed by atoms with Crippen LogP contribution in [0.25, 0.3) is 76.9 Å². The molecule has 1 N–H and O–H groups in total. The van der Waals surface area contributed by atoms with Crippen LogP contribution in [-0.4, -0.2) is 11.7 Å². The number of benzene rings is 9. The van der Waals surface area contributed by atoms with E-state index in [-0.39, 0.29) is 6.17 Å². The van der Waals surface area contributed by atoms with Crippen molar-refractivity contribution in [2.24, 2.45) is 9.98 Å². The van der Waals surface area contributed by atoms with Crippen LogP contribution in [0, 0.1) is 0 Å². The number of aliphatic imine (C=N–C) groups is 2. The van der Waals surface area contributed by atoms with E-state index in [2.05, 4.69) is 181 Å². The van der Waals surface area contributed by atoms with Crippen LogP contribution in [0.4, 0.5) is 0 Å². The predicted octanol–water partition coefficient (Wildman–Crippen LogP) is 13.4. The number of nitrogens with one attached hydrogen (secondary N) is 1. The Balaban J connectivity index is 0.946. The SMILES string of the molecule is c1ccc(C2=NC(c3ccc4cc(-c5cccc6oc7cc(-c8ccccc8)ccc7c56)ccc4c3)=NC(c3ccc(-c4cccc5ccccc45)cc3)N2)cc1. The average Bonchev–Trinajstić information content (AvgIpc) is 3.67. The molecule has 268 valence electrons. The molecule has 0 radical (unpaired) electrons. The van der Waals surface area contributed by atoms with Crippen LogP contribution in [-0.2, 0) is 0 Å². The largest absolute Gasteiger partial charge is 0.456 e. The summed E-state index contributed by atoms with van der Waals surface area (Å²) in [4.78, 5) is 10.3. The lowest BCUT2D eigenvalue weighted by Crippen LogP contribution is -2.33. The van der Waals surface area contributed by atoms with Crippen LogP contribution in [0.1, 0.15) is 22.9 Å². The van der Waals surface area contributed by atoms with Gasteiger partial charge in [0, 0.05) is 21.9 Å². The zero-order valence-corrected chi connectivity index (χ0v) is 30.9. The van der Waals surface area contributed by atoms with E-state index in [0.717, 1.165) is 71.9 Å². The Morgan fingerprint density at radius 1 is 0.404 bits per heavy atom. The molecule has 9 aromatic carbocycles. The van der Waals surface area contributed by atoms with E-state index >= 15 is 0 Å². The highest BCUT2D eigenvalue weighted by Gasteiger charge is 2.22. The van der Waals surface area contributed by atoms with Crippen LogP contribution < -0.4 is 5.32 Å². The maximum Gasteiger partial charge on any atom is 0.159 e. The lowest BCUT2D eigenvalue weighted by Gasteiger charge is -2.24. The van der Waals surface area contributed by atoms with Crippen molar-refractivity contribution in [2.75, 3.05) is 0 Å². The summed E-state index contributed by atoms with van der Waals surface area (Å²) in [7, 11) is 0. The molecule has 2 heterocycles. The van der Waals surface area contributed by atoms with Gasteiger partial charge < -0.3 is 9.73 Å². The summed E-state index contributed by atoms with van der Waals surface area (Å²) >= 11 is 0. The fraction of sp³-hybridized carbons (Fsp3) is 0.0189. The number of rotatable bonds is 6. The van der Waals surface area contributed by atoms with E-state index in [4.69, 9.17) is 14.4 Å². The van der Waals surface area contributed by atoms with Gasteiger partial charge in [0.1, 0.15) is 23.2 Å². The fourth-order valence-electron chi connectivity index (χ4n) is 8.24. The van der Waals surface area contributed by atoms with Crippen molar-refractivity contribution in [3.05, 3.63) is 217 Å². The van der Waals surface area contributed by atoms with Gasteiger partial charge in [-0.15, -0.1) is 0 Å². The third kappa shape index (κ3) is 5.96. The van der Waals surface area contributed by atoms with Crippen molar-refractivity contribution in [2.45, 2.75) is 6.17 Å². The second-order valence-electron chi connectivity index (χ2n) is 14.6. The minimum absolute atomic E-state index is 0.304. The molecule has 11 rings (SSSR count). The van der Waals surface area contributed by atoms with Crippen molar-refractivity contribution in [3.8, 4) is 33.4 Å². The van der Waals surface area contributed by atoms with Crippen molar-refractivity contribution in [1.82, 2.24) is 5.32 Å². The van der Waals surface area contributed by atoms with Crippen LogP contribution in [0.3, 0.4) is 0 Å². The van der Waals surface area contributed by atoms with Gasteiger partial charge >= 0.3 is 0 Å². The Kier molecular flexibility index (Phi) is 7.85. The van der Waals surface area contributed by atoms with Gasteiger partial charge in [0.25, 0.3) is 0 Å². The van der Waals surface area contributed by atoms with Gasteiger partial charge in [0.2, 0.25) is 0 Å². The molecule has 0 saturated heterocycles. The Morgan fingerprint density at radius 2 is 1.05 bits per heavy atom. The molecule has 10 aromatic rings. The molecule has 0 saturated carbocycles. The highest BCUT2D eigenvalue weighted by molar-refractivity contribution is 6.15. The number of hydrogen-bond acceptors (Lipinski definition) is 4. The normalized spacial score (nSPS) is 14.1. The number of furan rings is 1. The first-order chi connectivity index (χ1) is 28.2. The zero-order valence-electron chi connectivity index (χ0n) is 30.9. The first kappa shape index (κ1) is 32.8. The topological polar surface area (TPSA) is 49.9 Å². The Labute approximate surface area is 330 Å². The molecule has 0 bridgehead atoms. The number of nitrogens with zero attached hydrogens (tertiary/aromatic N) is 2. The van der Waals surface area contributed by atoms with Crippen molar-refractivity contribution >= 4 is 55.2 Å². The van der Waals surface area contributed by atoms with E-state index in [9.17, 15) is 0 Å². The predicted molar refractivity (Wildman–Crippen MR) is 237 cm³/mol. The van der Waals surface area contributed by atoms with Crippen LogP contribution in [0.15, 0.2) is 215 Å². The summed E-state index contributed by atoms with van der Waals surface area (Å²) in [6.07, 6.45) is -0.304. The summed E-state index contributed by atoms with van der Waals surface area (Å²) in [5.41, 5.74) is 11.9. The zero-order chi connectivity index (χ0) is 37.7. The molecule has 0 spiro atoms. The Bertz CT molecular complexity index is 3190. The molecular weight excluding hydrogens is 695 g/mol. The lowest BCUT2D eigenvalue weighted by molar-refractivity contribution is 0.669. The lowest BCUT2D eigenvalue weighted by atomic mass is 9.95. The minimum atomic E-state index is -0.304. The van der Waals surface area contributed by atoms with Gasteiger partial charge in [-0.3, -0.25) is 0 Å². The molecule has 0 aliphatic carbocycles. The summed E-state index contributed by atoms with van der Waals surface area (Å²) in [5, 5.41) is 10.6. The van der Waals surface area contributed by atoms with E-state index < -0.39 is 0 Å². The van der Waals surface area contributed by atoms with Gasteiger partial charge in [0.15, 0.2) is 5.84 Å². The van der Waals surface area contributed by atoms with Crippen LogP contribution in [0.5, 0.6) is 0 Å². The third-order valence-electron chi connectivity index (χ3n) is 11.1. The van der Waals surface area contributed by atoms with E-state index in [0.29, 0.717) is 5.84 Å². The van der Waals surface area contributed by atoms with Gasteiger partial charge in [0.05, 0.1) is 0 Å². The smallest absolute Gasteiger partial charge is 0.159 e. The third-order valence-corrected chi connectivity index (χ3v) is 11.1. The van der Waals surface area contributed by atoms with E-state index in [1.165, 1.54) is 27.5 Å². The standard InChI is InChI=1S/C53H35N3O/c1-3-11-34(12-4-1)41-29-30-47-49(33-41)57-48-20-10-19-46(50(47)48)42-27-25-40-32-43(28-26-39(40)31-42)53-55-51(37-14-5-2-6-15-37)54-52(56-53)38-23-21-36(22-24-38)45-18-9-16-35-13-7-8-17-44(35)45/h1-33,52H,(H,54,55,56). The average molecular weight is 730 g/mol. The van der Waals surface area contributed by atoms with Gasteiger partial charge in [-0.25, -0.2) is 9.98 Å². The fourth-order valence-corrected chi connectivity index (χ4v) is 8.24. The summed E-state index contributed by atoms with van der Waals surface area (Å²) in [6, 6.07) is 70.6. The maximum absolute atomic E-state index is 6.44. The van der Waals surface area contributed by atoms with Gasteiger partial charge in [-0.2, -0.15) is 0 Å². The number of amidine groups is 2. The van der Waals surface area contributed by atoms with Crippen molar-refractivity contribution in [1.29, 1.82) is 0 Å². The van der Waals surface area contributed by atoms with Crippen molar-refractivity contribution < 1.29 is 4.42 Å². The maximum atomic E-state index is 6.44. The molecule has 0 amide bonds. The Hall–Kier alpha value is -7.56. The van der Waals surface area contributed by atoms with E-state index in [1.54, 1.807) is 0 Å². The molecule has 57 heavy (non-hydrogen) atoms. The monoisotopic (exact) mass is 729 g/mol. The second kappa shape index (κ2) is 13.6. The van der Waals surface area contributed by atoms with Gasteiger partial charge in [-0.1, -0.05) is 170 Å². The molecule has 1 unspecified atom stereocenters. The highest BCUT2D eigenvalue weighted by atomic mass is 16.3. The summed E-state index contributed by atoms with van der Waals surface area (Å²) < 4.78 is 6.44. The van der Waals surface area contributed by atoms with Crippen LogP contribution in [0.2, 0.25) is 0 Å². The Morgan fingerprint density at radius 3 is 1.88 bits per heavy atom. The first-order valence-corrected chi connectivity index (χ1v) is 19.3. The molecule has 1 aliphatic heterocycles. The molecule has 1 aromatic heterocycles. The summed E-state index contributed by atoms with van der Waals surface area (Å²) in [5.74, 6) is 1.50. The molecular formula is C53H35N3O.